The van der Waals surface area contributed by atoms with Gasteiger partial charge in [0.2, 0.25) is 0 Å². The van der Waals surface area contributed by atoms with Crippen LogP contribution in [-0.2, 0) is 22.4 Å². The van der Waals surface area contributed by atoms with Crippen molar-refractivity contribution in [1.29, 1.82) is 0 Å². The summed E-state index contributed by atoms with van der Waals surface area (Å²) in [5.41, 5.74) is 1.06. The van der Waals surface area contributed by atoms with Gasteiger partial charge in [-0.25, -0.2) is 4.98 Å². The zero-order valence-corrected chi connectivity index (χ0v) is 15.0. The highest BCUT2D eigenvalue weighted by molar-refractivity contribution is 7.09. The van der Waals surface area contributed by atoms with Gasteiger partial charge in [0.1, 0.15) is 0 Å². The number of aromatic nitrogens is 1. The van der Waals surface area contributed by atoms with Crippen LogP contribution in [0.1, 0.15) is 36.9 Å². The molecule has 1 fully saturated rings. The smallest absolute Gasteiger partial charge is 0.191 e. The van der Waals surface area contributed by atoms with Crippen LogP contribution in [-0.4, -0.2) is 50.5 Å². The van der Waals surface area contributed by atoms with Crippen molar-refractivity contribution in [3.63, 3.8) is 0 Å². The molecule has 0 spiro atoms. The first-order valence-electron chi connectivity index (χ1n) is 8.39. The normalized spacial score (nSPS) is 18.3. The maximum absolute atomic E-state index is 5.64. The van der Waals surface area contributed by atoms with E-state index in [2.05, 4.69) is 32.9 Å². The number of aliphatic imine (C=N–C) groups is 1. The number of hydrogen-bond donors (Lipinski definition) is 2. The van der Waals surface area contributed by atoms with Crippen LogP contribution in [0.2, 0.25) is 0 Å². The van der Waals surface area contributed by atoms with E-state index in [1.165, 1.54) is 5.01 Å². The number of hydrogen-bond acceptors (Lipinski definition) is 5. The Labute approximate surface area is 142 Å². The zero-order valence-electron chi connectivity index (χ0n) is 14.1. The first-order chi connectivity index (χ1) is 11.3. The molecule has 2 N–H and O–H groups in total. The number of rotatable bonds is 9. The van der Waals surface area contributed by atoms with Crippen molar-refractivity contribution in [2.45, 2.75) is 45.3 Å². The lowest BCUT2D eigenvalue weighted by atomic mass is 10.2. The average Bonchev–Trinajstić information content (AvgIpc) is 3.25. The van der Waals surface area contributed by atoms with Crippen molar-refractivity contribution in [3.8, 4) is 0 Å². The standard InChI is InChI=1S/C16H28N4O2S/c1-3-15-20-13(12-23-15)10-19-16(17-2)18-7-5-8-21-11-14-6-4-9-22-14/h12,14H,3-11H2,1-2H3,(H2,17,18,19). The van der Waals surface area contributed by atoms with Crippen LogP contribution < -0.4 is 10.6 Å². The summed E-state index contributed by atoms with van der Waals surface area (Å²) in [6, 6.07) is 0. The van der Waals surface area contributed by atoms with Crippen LogP contribution in [0, 0.1) is 0 Å². The Kier molecular flexibility index (Phi) is 8.35. The van der Waals surface area contributed by atoms with Gasteiger partial charge >= 0.3 is 0 Å². The molecule has 130 valence electrons. The molecule has 2 heterocycles. The molecule has 1 saturated heterocycles. The van der Waals surface area contributed by atoms with Gasteiger partial charge in [-0.2, -0.15) is 0 Å². The molecular formula is C16H28N4O2S. The summed E-state index contributed by atoms with van der Waals surface area (Å²) in [7, 11) is 1.78. The fraction of sp³-hybridized carbons (Fsp3) is 0.750. The second-order valence-corrected chi connectivity index (χ2v) is 6.44. The summed E-state index contributed by atoms with van der Waals surface area (Å²) in [6.45, 7) is 6.01. The molecule has 0 saturated carbocycles. The minimum absolute atomic E-state index is 0.309. The van der Waals surface area contributed by atoms with Crippen LogP contribution in [0.25, 0.3) is 0 Å². The average molecular weight is 340 g/mol. The SMILES string of the molecule is CCc1nc(CNC(=NC)NCCCOCC2CCCO2)cs1. The molecular weight excluding hydrogens is 312 g/mol. The van der Waals surface area contributed by atoms with E-state index in [9.17, 15) is 0 Å². The lowest BCUT2D eigenvalue weighted by Gasteiger charge is -2.12. The van der Waals surface area contributed by atoms with Crippen molar-refractivity contribution in [1.82, 2.24) is 15.6 Å². The minimum Gasteiger partial charge on any atom is -0.379 e. The van der Waals surface area contributed by atoms with Gasteiger partial charge in [0.25, 0.3) is 0 Å². The molecule has 23 heavy (non-hydrogen) atoms. The number of guanidine groups is 1. The van der Waals surface area contributed by atoms with Crippen LogP contribution >= 0.6 is 11.3 Å². The number of aryl methyl sites for hydroxylation is 1. The third-order valence-corrected chi connectivity index (χ3v) is 4.69. The molecule has 1 unspecified atom stereocenters. The molecule has 0 aromatic carbocycles. The van der Waals surface area contributed by atoms with E-state index in [1.54, 1.807) is 18.4 Å². The fourth-order valence-corrected chi connectivity index (χ4v) is 3.10. The lowest BCUT2D eigenvalue weighted by Crippen LogP contribution is -2.37. The monoisotopic (exact) mass is 340 g/mol. The maximum Gasteiger partial charge on any atom is 0.191 e. The van der Waals surface area contributed by atoms with Gasteiger partial charge in [-0.15, -0.1) is 11.3 Å². The first-order valence-corrected chi connectivity index (χ1v) is 9.27. The summed E-state index contributed by atoms with van der Waals surface area (Å²) in [6.07, 6.45) is 4.54. The largest absolute Gasteiger partial charge is 0.379 e. The molecule has 1 aliphatic heterocycles. The molecule has 1 aliphatic rings. The van der Waals surface area contributed by atoms with Crippen molar-refractivity contribution >= 4 is 17.3 Å². The van der Waals surface area contributed by atoms with Crippen molar-refractivity contribution in [2.75, 3.05) is 33.4 Å². The second-order valence-electron chi connectivity index (χ2n) is 5.50. The Morgan fingerprint density at radius 1 is 1.52 bits per heavy atom. The minimum atomic E-state index is 0.309. The summed E-state index contributed by atoms with van der Waals surface area (Å²) in [5.74, 6) is 0.801. The molecule has 7 heteroatoms. The number of ether oxygens (including phenoxy) is 2. The highest BCUT2D eigenvalue weighted by Crippen LogP contribution is 2.12. The molecule has 1 atom stereocenters. The Bertz CT molecular complexity index is 472. The molecule has 1 aromatic rings. The predicted octanol–water partition coefficient (Wildman–Crippen LogP) is 1.96. The van der Waals surface area contributed by atoms with E-state index in [1.807, 2.05) is 0 Å². The van der Waals surface area contributed by atoms with Crippen LogP contribution in [0.15, 0.2) is 10.4 Å². The van der Waals surface area contributed by atoms with Gasteiger partial charge < -0.3 is 20.1 Å². The third kappa shape index (κ3) is 6.85. The van der Waals surface area contributed by atoms with Crippen LogP contribution in [0.3, 0.4) is 0 Å². The summed E-state index contributed by atoms with van der Waals surface area (Å²) in [5, 5.41) is 9.84. The van der Waals surface area contributed by atoms with E-state index in [-0.39, 0.29) is 0 Å². The van der Waals surface area contributed by atoms with Gasteiger partial charge in [0.15, 0.2) is 5.96 Å². The van der Waals surface area contributed by atoms with E-state index in [0.29, 0.717) is 12.6 Å². The van der Waals surface area contributed by atoms with Gasteiger partial charge in [-0.05, 0) is 25.7 Å². The maximum atomic E-state index is 5.64. The zero-order chi connectivity index (χ0) is 16.3. The van der Waals surface area contributed by atoms with E-state index < -0.39 is 0 Å². The Balaban J connectivity index is 1.52. The van der Waals surface area contributed by atoms with Gasteiger partial charge in [-0.3, -0.25) is 4.99 Å². The lowest BCUT2D eigenvalue weighted by molar-refractivity contribution is 0.0168. The van der Waals surface area contributed by atoms with Crippen LogP contribution in [0.5, 0.6) is 0 Å². The summed E-state index contributed by atoms with van der Waals surface area (Å²) in [4.78, 5) is 8.76. The van der Waals surface area contributed by atoms with Crippen LogP contribution in [0.4, 0.5) is 0 Å². The third-order valence-electron chi connectivity index (χ3n) is 3.65. The molecule has 6 nitrogen and oxygen atoms in total. The molecule has 1 aromatic heterocycles. The Hall–Kier alpha value is -1.18. The first kappa shape index (κ1) is 18.2. The van der Waals surface area contributed by atoms with Crippen molar-refractivity contribution < 1.29 is 9.47 Å². The van der Waals surface area contributed by atoms with Crippen molar-refractivity contribution in [3.05, 3.63) is 16.1 Å². The number of nitrogens with zero attached hydrogens (tertiary/aromatic N) is 2. The Morgan fingerprint density at radius 3 is 3.13 bits per heavy atom. The highest BCUT2D eigenvalue weighted by atomic mass is 32.1. The van der Waals surface area contributed by atoms with Gasteiger partial charge in [0, 0.05) is 32.2 Å². The van der Waals surface area contributed by atoms with Gasteiger partial charge in [0.05, 0.1) is 30.0 Å². The summed E-state index contributed by atoms with van der Waals surface area (Å²) >= 11 is 1.71. The number of thiazole rings is 1. The topological polar surface area (TPSA) is 67.8 Å². The Morgan fingerprint density at radius 2 is 2.43 bits per heavy atom. The predicted molar refractivity (Wildman–Crippen MR) is 94.1 cm³/mol. The fourth-order valence-electron chi connectivity index (χ4n) is 2.36. The van der Waals surface area contributed by atoms with Gasteiger partial charge in [-0.1, -0.05) is 6.92 Å². The summed E-state index contributed by atoms with van der Waals surface area (Å²) < 4.78 is 11.2. The molecule has 0 bridgehead atoms. The highest BCUT2D eigenvalue weighted by Gasteiger charge is 2.14. The molecule has 2 rings (SSSR count). The molecule has 0 amide bonds. The van der Waals surface area contributed by atoms with E-state index in [4.69, 9.17) is 9.47 Å². The van der Waals surface area contributed by atoms with Crippen molar-refractivity contribution in [2.24, 2.45) is 4.99 Å². The number of nitrogens with one attached hydrogen (secondary N) is 2. The molecule has 0 radical (unpaired) electrons. The second kappa shape index (κ2) is 10.6. The molecule has 0 aliphatic carbocycles. The quantitative estimate of drug-likeness (QED) is 0.409. The van der Waals surface area contributed by atoms with E-state index >= 15 is 0 Å². The van der Waals surface area contributed by atoms with E-state index in [0.717, 1.165) is 63.7 Å².